The SMILES string of the molecule is CN(C)CCC1(C(=O)O)CCCCN1. The van der Waals surface area contributed by atoms with Crippen LogP contribution < -0.4 is 5.32 Å². The van der Waals surface area contributed by atoms with Crippen LogP contribution in [0, 0.1) is 0 Å². The number of hydrogen-bond donors (Lipinski definition) is 2. The Morgan fingerprint density at radius 3 is 2.64 bits per heavy atom. The topological polar surface area (TPSA) is 52.6 Å². The summed E-state index contributed by atoms with van der Waals surface area (Å²) in [7, 11) is 3.94. The second-order valence-corrected chi connectivity index (χ2v) is 4.32. The highest BCUT2D eigenvalue weighted by Crippen LogP contribution is 2.23. The monoisotopic (exact) mass is 200 g/mol. The van der Waals surface area contributed by atoms with Crippen molar-refractivity contribution in [1.82, 2.24) is 10.2 Å². The molecular formula is C10H20N2O2. The van der Waals surface area contributed by atoms with Crippen LogP contribution in [-0.4, -0.2) is 48.7 Å². The lowest BCUT2D eigenvalue weighted by Crippen LogP contribution is -2.55. The Bertz CT molecular complexity index is 198. The number of rotatable bonds is 4. The fraction of sp³-hybridized carbons (Fsp3) is 0.900. The lowest BCUT2D eigenvalue weighted by molar-refractivity contribution is -0.146. The van der Waals surface area contributed by atoms with Gasteiger partial charge in [0.05, 0.1) is 0 Å². The van der Waals surface area contributed by atoms with Crippen molar-refractivity contribution in [2.24, 2.45) is 0 Å². The molecule has 0 amide bonds. The van der Waals surface area contributed by atoms with E-state index in [9.17, 15) is 9.90 Å². The summed E-state index contributed by atoms with van der Waals surface area (Å²) in [5.74, 6) is -0.695. The van der Waals surface area contributed by atoms with Gasteiger partial charge in [-0.15, -0.1) is 0 Å². The van der Waals surface area contributed by atoms with Crippen LogP contribution in [0.3, 0.4) is 0 Å². The third-order valence-electron chi connectivity index (χ3n) is 2.89. The van der Waals surface area contributed by atoms with Gasteiger partial charge in [-0.3, -0.25) is 4.79 Å². The molecule has 1 unspecified atom stereocenters. The summed E-state index contributed by atoms with van der Waals surface area (Å²) in [6, 6.07) is 0. The average Bonchev–Trinajstić information content (AvgIpc) is 2.16. The Kier molecular flexibility index (Phi) is 3.89. The number of aliphatic carboxylic acids is 1. The molecule has 82 valence electrons. The van der Waals surface area contributed by atoms with Crippen molar-refractivity contribution in [3.05, 3.63) is 0 Å². The highest BCUT2D eigenvalue weighted by Gasteiger charge is 2.38. The third-order valence-corrected chi connectivity index (χ3v) is 2.89. The summed E-state index contributed by atoms with van der Waals surface area (Å²) in [5, 5.41) is 12.4. The van der Waals surface area contributed by atoms with E-state index in [-0.39, 0.29) is 0 Å². The summed E-state index contributed by atoms with van der Waals surface area (Å²) in [6.07, 6.45) is 3.56. The maximum absolute atomic E-state index is 11.2. The third kappa shape index (κ3) is 2.69. The van der Waals surface area contributed by atoms with Crippen molar-refractivity contribution >= 4 is 5.97 Å². The van der Waals surface area contributed by atoms with Crippen LogP contribution >= 0.6 is 0 Å². The van der Waals surface area contributed by atoms with Crippen molar-refractivity contribution in [3.8, 4) is 0 Å². The molecule has 1 aliphatic heterocycles. The first kappa shape index (κ1) is 11.5. The minimum absolute atomic E-state index is 0.664. The number of piperidine rings is 1. The van der Waals surface area contributed by atoms with Gasteiger partial charge < -0.3 is 15.3 Å². The lowest BCUT2D eigenvalue weighted by atomic mass is 9.86. The molecule has 1 heterocycles. The smallest absolute Gasteiger partial charge is 0.323 e. The minimum atomic E-state index is -0.695. The first-order chi connectivity index (χ1) is 6.57. The molecule has 14 heavy (non-hydrogen) atoms. The van der Waals surface area contributed by atoms with E-state index < -0.39 is 11.5 Å². The van der Waals surface area contributed by atoms with Gasteiger partial charge in [0.15, 0.2) is 0 Å². The number of carbonyl (C=O) groups is 1. The Morgan fingerprint density at radius 1 is 1.50 bits per heavy atom. The Labute approximate surface area is 85.3 Å². The molecular weight excluding hydrogens is 180 g/mol. The summed E-state index contributed by atoms with van der Waals surface area (Å²) in [4.78, 5) is 13.2. The second-order valence-electron chi connectivity index (χ2n) is 4.32. The number of hydrogen-bond acceptors (Lipinski definition) is 3. The van der Waals surface area contributed by atoms with Crippen molar-refractivity contribution < 1.29 is 9.90 Å². The van der Waals surface area contributed by atoms with Gasteiger partial charge in [0.1, 0.15) is 5.54 Å². The quantitative estimate of drug-likeness (QED) is 0.695. The van der Waals surface area contributed by atoms with Crippen molar-refractivity contribution in [3.63, 3.8) is 0 Å². The Hall–Kier alpha value is -0.610. The lowest BCUT2D eigenvalue weighted by Gasteiger charge is -2.35. The molecule has 0 aromatic rings. The van der Waals surface area contributed by atoms with Gasteiger partial charge in [-0.2, -0.15) is 0 Å². The molecule has 1 atom stereocenters. The number of carboxylic acid groups (broad SMARTS) is 1. The zero-order chi connectivity index (χ0) is 10.6. The van der Waals surface area contributed by atoms with Gasteiger partial charge in [0, 0.05) is 0 Å². The molecule has 0 aliphatic carbocycles. The number of nitrogens with zero attached hydrogens (tertiary/aromatic N) is 1. The van der Waals surface area contributed by atoms with Crippen LogP contribution in [0.25, 0.3) is 0 Å². The molecule has 0 saturated carbocycles. The van der Waals surface area contributed by atoms with Gasteiger partial charge in [0.25, 0.3) is 0 Å². The predicted octanol–water partition coefficient (Wildman–Crippen LogP) is 0.535. The molecule has 0 spiro atoms. The largest absolute Gasteiger partial charge is 0.480 e. The van der Waals surface area contributed by atoms with Gasteiger partial charge in [-0.25, -0.2) is 0 Å². The molecule has 1 rings (SSSR count). The zero-order valence-corrected chi connectivity index (χ0v) is 9.05. The Balaban J connectivity index is 2.56. The van der Waals surface area contributed by atoms with E-state index in [0.29, 0.717) is 6.42 Å². The molecule has 1 fully saturated rings. The second kappa shape index (κ2) is 4.75. The summed E-state index contributed by atoms with van der Waals surface area (Å²) in [6.45, 7) is 1.65. The molecule has 1 aliphatic rings. The zero-order valence-electron chi connectivity index (χ0n) is 9.05. The molecule has 0 radical (unpaired) electrons. The van der Waals surface area contributed by atoms with E-state index in [0.717, 1.165) is 32.4 Å². The van der Waals surface area contributed by atoms with E-state index in [2.05, 4.69) is 5.32 Å². The predicted molar refractivity (Wildman–Crippen MR) is 55.4 cm³/mol. The first-order valence-corrected chi connectivity index (χ1v) is 5.20. The van der Waals surface area contributed by atoms with Crippen molar-refractivity contribution in [1.29, 1.82) is 0 Å². The van der Waals surface area contributed by atoms with Crippen LogP contribution in [0.5, 0.6) is 0 Å². The highest BCUT2D eigenvalue weighted by molar-refractivity contribution is 5.78. The van der Waals surface area contributed by atoms with Gasteiger partial charge in [-0.05, 0) is 52.9 Å². The van der Waals surface area contributed by atoms with Crippen molar-refractivity contribution in [2.45, 2.75) is 31.2 Å². The van der Waals surface area contributed by atoms with E-state index in [1.54, 1.807) is 0 Å². The number of carboxylic acids is 1. The molecule has 4 heteroatoms. The average molecular weight is 200 g/mol. The standard InChI is InChI=1S/C10H20N2O2/c1-12(2)8-6-10(9(13)14)5-3-4-7-11-10/h11H,3-8H2,1-2H3,(H,13,14). The molecule has 4 nitrogen and oxygen atoms in total. The summed E-state index contributed by atoms with van der Waals surface area (Å²) >= 11 is 0. The normalized spacial score (nSPS) is 27.9. The van der Waals surface area contributed by atoms with Gasteiger partial charge >= 0.3 is 5.97 Å². The van der Waals surface area contributed by atoms with E-state index >= 15 is 0 Å². The first-order valence-electron chi connectivity index (χ1n) is 5.20. The number of nitrogens with one attached hydrogen (secondary N) is 1. The molecule has 0 aromatic carbocycles. The maximum Gasteiger partial charge on any atom is 0.323 e. The fourth-order valence-corrected chi connectivity index (χ4v) is 1.89. The summed E-state index contributed by atoms with van der Waals surface area (Å²) in [5.41, 5.74) is -0.664. The molecule has 0 aromatic heterocycles. The fourth-order valence-electron chi connectivity index (χ4n) is 1.89. The summed E-state index contributed by atoms with van der Waals surface area (Å²) < 4.78 is 0. The van der Waals surface area contributed by atoms with Crippen LogP contribution in [-0.2, 0) is 4.79 Å². The molecule has 2 N–H and O–H groups in total. The minimum Gasteiger partial charge on any atom is -0.480 e. The Morgan fingerprint density at radius 2 is 2.21 bits per heavy atom. The highest BCUT2D eigenvalue weighted by atomic mass is 16.4. The molecule has 0 bridgehead atoms. The van der Waals surface area contributed by atoms with Crippen LogP contribution in [0.2, 0.25) is 0 Å². The van der Waals surface area contributed by atoms with E-state index in [1.165, 1.54) is 0 Å². The van der Waals surface area contributed by atoms with Crippen LogP contribution in [0.15, 0.2) is 0 Å². The van der Waals surface area contributed by atoms with Crippen LogP contribution in [0.4, 0.5) is 0 Å². The van der Waals surface area contributed by atoms with Crippen LogP contribution in [0.1, 0.15) is 25.7 Å². The van der Waals surface area contributed by atoms with Gasteiger partial charge in [0.2, 0.25) is 0 Å². The van der Waals surface area contributed by atoms with E-state index in [1.807, 2.05) is 19.0 Å². The maximum atomic E-state index is 11.2. The van der Waals surface area contributed by atoms with Crippen molar-refractivity contribution in [2.75, 3.05) is 27.2 Å². The van der Waals surface area contributed by atoms with E-state index in [4.69, 9.17) is 0 Å². The molecule has 1 saturated heterocycles. The van der Waals surface area contributed by atoms with Gasteiger partial charge in [-0.1, -0.05) is 0 Å².